The number of carbonyl (C=O) groups excluding carboxylic acids is 1. The minimum Gasteiger partial charge on any atom is -0.496 e. The van der Waals surface area contributed by atoms with Gasteiger partial charge in [-0.05, 0) is 13.1 Å². The van der Waals surface area contributed by atoms with E-state index in [0.717, 1.165) is 25.9 Å². The van der Waals surface area contributed by atoms with Gasteiger partial charge in [-0.25, -0.2) is 0 Å². The summed E-state index contributed by atoms with van der Waals surface area (Å²) in [5.74, 6) is 1.83. The lowest BCUT2D eigenvalue weighted by Gasteiger charge is -2.41. The molecule has 0 atom stereocenters. The first-order chi connectivity index (χ1) is 9.67. The standard InChI is InChI=1S/C15H19NO4/c1-18-10-7-12(19-2)14-11(17)9-15(20-13(14)8-10)3-5-16-6-4-15/h7-8,16H,3-6,9H2,1-2H3. The number of fused-ring (bicyclic) bond motifs is 1. The summed E-state index contributed by atoms with van der Waals surface area (Å²) in [6, 6.07) is 3.50. The highest BCUT2D eigenvalue weighted by atomic mass is 16.5. The fourth-order valence-corrected chi connectivity index (χ4v) is 3.01. The zero-order valence-corrected chi connectivity index (χ0v) is 11.8. The molecule has 2 aliphatic heterocycles. The number of carbonyl (C=O) groups is 1. The predicted molar refractivity (Wildman–Crippen MR) is 74.0 cm³/mol. The molecular weight excluding hydrogens is 258 g/mol. The molecule has 1 saturated heterocycles. The van der Waals surface area contributed by atoms with Gasteiger partial charge >= 0.3 is 0 Å². The highest BCUT2D eigenvalue weighted by Gasteiger charge is 2.42. The Balaban J connectivity index is 2.04. The Morgan fingerprint density at radius 1 is 1.20 bits per heavy atom. The largest absolute Gasteiger partial charge is 0.496 e. The van der Waals surface area contributed by atoms with E-state index in [2.05, 4.69) is 5.32 Å². The molecule has 1 aromatic carbocycles. The molecule has 20 heavy (non-hydrogen) atoms. The zero-order valence-electron chi connectivity index (χ0n) is 11.8. The molecule has 0 aromatic heterocycles. The number of methoxy groups -OCH3 is 2. The molecule has 1 aromatic rings. The Kier molecular flexibility index (Phi) is 3.30. The van der Waals surface area contributed by atoms with Crippen molar-refractivity contribution in [2.75, 3.05) is 27.3 Å². The molecule has 1 N–H and O–H groups in total. The lowest BCUT2D eigenvalue weighted by molar-refractivity contribution is 0.0181. The number of nitrogens with one attached hydrogen (secondary N) is 1. The Morgan fingerprint density at radius 3 is 2.60 bits per heavy atom. The topological polar surface area (TPSA) is 56.8 Å². The number of ether oxygens (including phenoxy) is 3. The summed E-state index contributed by atoms with van der Waals surface area (Å²) >= 11 is 0. The van der Waals surface area contributed by atoms with Crippen molar-refractivity contribution in [3.05, 3.63) is 17.7 Å². The predicted octanol–water partition coefficient (Wildman–Crippen LogP) is 1.79. The molecular formula is C15H19NO4. The second-order valence-corrected chi connectivity index (χ2v) is 5.34. The van der Waals surface area contributed by atoms with E-state index in [1.54, 1.807) is 26.4 Å². The van der Waals surface area contributed by atoms with Gasteiger partial charge in [0.2, 0.25) is 0 Å². The summed E-state index contributed by atoms with van der Waals surface area (Å²) < 4.78 is 16.8. The number of hydrogen-bond donors (Lipinski definition) is 1. The van der Waals surface area contributed by atoms with E-state index in [9.17, 15) is 4.79 Å². The highest BCUT2D eigenvalue weighted by Crippen LogP contribution is 2.44. The minimum atomic E-state index is -0.368. The van der Waals surface area contributed by atoms with Gasteiger partial charge in [0.05, 0.1) is 20.6 Å². The molecule has 0 saturated carbocycles. The van der Waals surface area contributed by atoms with Crippen molar-refractivity contribution < 1.29 is 19.0 Å². The van der Waals surface area contributed by atoms with Crippen LogP contribution in [-0.2, 0) is 0 Å². The van der Waals surface area contributed by atoms with Crippen LogP contribution in [0.1, 0.15) is 29.6 Å². The zero-order chi connectivity index (χ0) is 14.2. The van der Waals surface area contributed by atoms with Gasteiger partial charge in [-0.3, -0.25) is 4.79 Å². The molecule has 108 valence electrons. The van der Waals surface area contributed by atoms with Crippen LogP contribution in [0, 0.1) is 0 Å². The number of Topliss-reactive ketones (excluding diaryl/α,β-unsaturated/α-hetero) is 1. The Hall–Kier alpha value is -1.75. The quantitative estimate of drug-likeness (QED) is 0.893. The van der Waals surface area contributed by atoms with E-state index in [1.165, 1.54) is 0 Å². The van der Waals surface area contributed by atoms with E-state index in [-0.39, 0.29) is 11.4 Å². The van der Waals surface area contributed by atoms with Gasteiger partial charge in [0.25, 0.3) is 0 Å². The third-order valence-electron chi connectivity index (χ3n) is 4.10. The van der Waals surface area contributed by atoms with Crippen molar-refractivity contribution in [1.29, 1.82) is 0 Å². The molecule has 5 heteroatoms. The summed E-state index contributed by atoms with van der Waals surface area (Å²) in [4.78, 5) is 12.5. The van der Waals surface area contributed by atoms with Crippen molar-refractivity contribution in [3.8, 4) is 17.2 Å². The van der Waals surface area contributed by atoms with Crippen LogP contribution in [0.25, 0.3) is 0 Å². The van der Waals surface area contributed by atoms with E-state index < -0.39 is 0 Å². The number of hydrogen-bond acceptors (Lipinski definition) is 5. The number of rotatable bonds is 2. The maximum atomic E-state index is 12.5. The van der Waals surface area contributed by atoms with Crippen molar-refractivity contribution in [2.45, 2.75) is 24.9 Å². The van der Waals surface area contributed by atoms with Gasteiger partial charge < -0.3 is 19.5 Å². The molecule has 3 rings (SSSR count). The van der Waals surface area contributed by atoms with E-state index in [1.807, 2.05) is 0 Å². The van der Waals surface area contributed by atoms with Crippen molar-refractivity contribution >= 4 is 5.78 Å². The molecule has 0 amide bonds. The van der Waals surface area contributed by atoms with Gasteiger partial charge in [-0.1, -0.05) is 0 Å². The van der Waals surface area contributed by atoms with E-state index >= 15 is 0 Å². The summed E-state index contributed by atoms with van der Waals surface area (Å²) in [6.07, 6.45) is 2.11. The van der Waals surface area contributed by atoms with Gasteiger partial charge in [-0.2, -0.15) is 0 Å². The normalized spacial score (nSPS) is 20.2. The summed E-state index contributed by atoms with van der Waals surface area (Å²) in [6.45, 7) is 1.76. The Labute approximate surface area is 118 Å². The maximum absolute atomic E-state index is 12.5. The fourth-order valence-electron chi connectivity index (χ4n) is 3.01. The number of ketones is 1. The fraction of sp³-hybridized carbons (Fsp3) is 0.533. The van der Waals surface area contributed by atoms with Gasteiger partial charge in [-0.15, -0.1) is 0 Å². The van der Waals surface area contributed by atoms with Gasteiger partial charge in [0, 0.05) is 25.0 Å². The molecule has 0 aliphatic carbocycles. The first-order valence-electron chi connectivity index (χ1n) is 6.86. The van der Waals surface area contributed by atoms with Crippen LogP contribution in [0.5, 0.6) is 17.2 Å². The molecule has 0 unspecified atom stereocenters. The van der Waals surface area contributed by atoms with Crippen molar-refractivity contribution in [2.24, 2.45) is 0 Å². The van der Waals surface area contributed by atoms with Gasteiger partial charge in [0.15, 0.2) is 5.78 Å². The number of piperidine rings is 1. The van der Waals surface area contributed by atoms with Crippen LogP contribution < -0.4 is 19.5 Å². The molecule has 5 nitrogen and oxygen atoms in total. The smallest absolute Gasteiger partial charge is 0.174 e. The molecule has 0 radical (unpaired) electrons. The minimum absolute atomic E-state index is 0.0904. The SMILES string of the molecule is COc1cc(OC)c2c(c1)OC1(CCNCC1)CC2=O. The second-order valence-electron chi connectivity index (χ2n) is 5.34. The molecule has 0 bridgehead atoms. The molecule has 2 aliphatic rings. The first kappa shape index (κ1) is 13.2. The van der Waals surface area contributed by atoms with Crippen molar-refractivity contribution in [3.63, 3.8) is 0 Å². The highest BCUT2D eigenvalue weighted by molar-refractivity contribution is 6.03. The van der Waals surface area contributed by atoms with E-state index in [4.69, 9.17) is 14.2 Å². The lowest BCUT2D eigenvalue weighted by Crippen LogP contribution is -2.49. The van der Waals surface area contributed by atoms with Crippen molar-refractivity contribution in [1.82, 2.24) is 5.32 Å². The van der Waals surface area contributed by atoms with Crippen LogP contribution >= 0.6 is 0 Å². The van der Waals surface area contributed by atoms with Crippen LogP contribution in [0.3, 0.4) is 0 Å². The van der Waals surface area contributed by atoms with E-state index in [0.29, 0.717) is 29.2 Å². The third-order valence-corrected chi connectivity index (χ3v) is 4.10. The Bertz CT molecular complexity index is 535. The summed E-state index contributed by atoms with van der Waals surface area (Å²) in [5.41, 5.74) is 0.171. The van der Waals surface area contributed by atoms with Crippen LogP contribution in [-0.4, -0.2) is 38.7 Å². The van der Waals surface area contributed by atoms with Crippen LogP contribution in [0.4, 0.5) is 0 Å². The van der Waals surface area contributed by atoms with Crippen LogP contribution in [0.15, 0.2) is 12.1 Å². The second kappa shape index (κ2) is 4.98. The lowest BCUT2D eigenvalue weighted by atomic mass is 9.83. The Morgan fingerprint density at radius 2 is 1.95 bits per heavy atom. The molecule has 1 fully saturated rings. The van der Waals surface area contributed by atoms with Crippen LogP contribution in [0.2, 0.25) is 0 Å². The average molecular weight is 277 g/mol. The number of benzene rings is 1. The molecule has 1 spiro atoms. The maximum Gasteiger partial charge on any atom is 0.174 e. The summed E-state index contributed by atoms with van der Waals surface area (Å²) in [7, 11) is 3.14. The first-order valence-corrected chi connectivity index (χ1v) is 6.86. The average Bonchev–Trinajstić information content (AvgIpc) is 2.46. The third kappa shape index (κ3) is 2.12. The van der Waals surface area contributed by atoms with Gasteiger partial charge in [0.1, 0.15) is 28.4 Å². The monoisotopic (exact) mass is 277 g/mol. The summed E-state index contributed by atoms with van der Waals surface area (Å²) in [5, 5.41) is 3.30. The molecule has 2 heterocycles.